The Hall–Kier alpha value is -4.40. The van der Waals surface area contributed by atoms with Gasteiger partial charge >= 0.3 is 12.4 Å². The van der Waals surface area contributed by atoms with E-state index in [9.17, 15) is 34.8 Å². The molecule has 2 aromatic heterocycles. The maximum atomic E-state index is 13.8. The number of nitrogens with one attached hydrogen (secondary N) is 1. The van der Waals surface area contributed by atoms with Crippen molar-refractivity contribution in [3.63, 3.8) is 0 Å². The molecule has 2 aromatic carbocycles. The molecule has 4 rings (SSSR count). The highest BCUT2D eigenvalue weighted by molar-refractivity contribution is 7.89. The Balaban J connectivity index is 1.76. The van der Waals surface area contributed by atoms with Crippen LogP contribution in [0.3, 0.4) is 0 Å². The quantitative estimate of drug-likeness (QED) is 0.209. The third-order valence-electron chi connectivity index (χ3n) is 5.28. The number of nitriles is 1. The number of aromatic nitrogens is 3. The van der Waals surface area contributed by atoms with Crippen molar-refractivity contribution in [2.75, 3.05) is 6.54 Å². The fourth-order valence-electron chi connectivity index (χ4n) is 3.44. The molecule has 0 spiro atoms. The van der Waals surface area contributed by atoms with Gasteiger partial charge < -0.3 is 0 Å². The van der Waals surface area contributed by atoms with Gasteiger partial charge in [0.15, 0.2) is 11.3 Å². The molecule has 14 heteroatoms. The van der Waals surface area contributed by atoms with Gasteiger partial charge in [-0.1, -0.05) is 30.0 Å². The van der Waals surface area contributed by atoms with Crippen LogP contribution in [-0.4, -0.2) is 29.6 Å². The largest absolute Gasteiger partial charge is 0.433 e. The number of benzene rings is 2. The second-order valence-corrected chi connectivity index (χ2v) is 9.74. The monoisotopic (exact) mass is 563 g/mol. The van der Waals surface area contributed by atoms with Gasteiger partial charge in [0.2, 0.25) is 10.0 Å². The van der Waals surface area contributed by atoms with E-state index in [0.29, 0.717) is 10.6 Å². The summed E-state index contributed by atoms with van der Waals surface area (Å²) in [7, 11) is -3.93. The first-order chi connectivity index (χ1) is 18.3. The molecule has 200 valence electrons. The Morgan fingerprint density at radius 1 is 0.949 bits per heavy atom. The van der Waals surface area contributed by atoms with Crippen molar-refractivity contribution in [2.24, 2.45) is 0 Å². The fourth-order valence-corrected chi connectivity index (χ4v) is 4.51. The highest BCUT2D eigenvalue weighted by Crippen LogP contribution is 2.34. The molecule has 0 radical (unpaired) electrons. The minimum Gasteiger partial charge on any atom is -0.227 e. The van der Waals surface area contributed by atoms with E-state index < -0.39 is 33.6 Å². The molecule has 0 unspecified atom stereocenters. The molecule has 0 aliphatic heterocycles. The fraction of sp³-hybridized carbons (Fsp3) is 0.160. The van der Waals surface area contributed by atoms with Crippen LogP contribution in [0.15, 0.2) is 65.7 Å². The Bertz CT molecular complexity index is 1740. The molecule has 0 saturated heterocycles. The van der Waals surface area contributed by atoms with Crippen molar-refractivity contribution in [1.29, 1.82) is 5.26 Å². The maximum absolute atomic E-state index is 13.8. The number of rotatable bonds is 5. The van der Waals surface area contributed by atoms with Crippen LogP contribution in [0.5, 0.6) is 0 Å². The van der Waals surface area contributed by atoms with Gasteiger partial charge in [-0.2, -0.15) is 36.7 Å². The molecule has 0 atom stereocenters. The van der Waals surface area contributed by atoms with Crippen molar-refractivity contribution >= 4 is 15.7 Å². The summed E-state index contributed by atoms with van der Waals surface area (Å²) in [5.41, 5.74) is -2.53. The normalized spacial score (nSPS) is 12.1. The number of nitrogens with zero attached hydrogens (tertiary/aromatic N) is 4. The minimum atomic E-state index is -4.88. The number of hydrogen-bond acceptors (Lipinski definition) is 5. The molecule has 1 N–H and O–H groups in total. The maximum Gasteiger partial charge on any atom is 0.433 e. The lowest BCUT2D eigenvalue weighted by Gasteiger charge is -2.12. The van der Waals surface area contributed by atoms with Crippen LogP contribution in [0, 0.1) is 23.2 Å². The van der Waals surface area contributed by atoms with E-state index in [0.717, 1.165) is 30.5 Å². The zero-order valence-corrected chi connectivity index (χ0v) is 20.3. The smallest absolute Gasteiger partial charge is 0.227 e. The molecule has 0 bridgehead atoms. The first kappa shape index (κ1) is 27.6. The summed E-state index contributed by atoms with van der Waals surface area (Å²) in [4.78, 5) is 4.04. The average molecular weight is 563 g/mol. The van der Waals surface area contributed by atoms with Gasteiger partial charge in [-0.15, -0.1) is 0 Å². The van der Waals surface area contributed by atoms with Gasteiger partial charge in [0, 0.05) is 24.1 Å². The van der Waals surface area contributed by atoms with Crippen LogP contribution >= 0.6 is 0 Å². The first-order valence-electron chi connectivity index (χ1n) is 10.9. The van der Waals surface area contributed by atoms with Crippen molar-refractivity contribution in [2.45, 2.75) is 23.7 Å². The highest BCUT2D eigenvalue weighted by Gasteiger charge is 2.36. The van der Waals surface area contributed by atoms with Crippen LogP contribution in [0.4, 0.5) is 26.3 Å². The van der Waals surface area contributed by atoms with Gasteiger partial charge in [-0.3, -0.25) is 0 Å². The van der Waals surface area contributed by atoms with Crippen molar-refractivity contribution in [1.82, 2.24) is 19.3 Å². The molecule has 0 aliphatic carbocycles. The van der Waals surface area contributed by atoms with E-state index in [2.05, 4.69) is 26.6 Å². The molecule has 0 saturated carbocycles. The summed E-state index contributed by atoms with van der Waals surface area (Å²) >= 11 is 0. The van der Waals surface area contributed by atoms with E-state index in [1.807, 2.05) is 6.07 Å². The predicted octanol–water partition coefficient (Wildman–Crippen LogP) is 5.03. The third kappa shape index (κ3) is 6.19. The molecule has 4 aromatic rings. The third-order valence-corrected chi connectivity index (χ3v) is 6.74. The number of halogens is 6. The molecule has 7 nitrogen and oxygen atoms in total. The summed E-state index contributed by atoms with van der Waals surface area (Å²) in [6, 6.07) is 11.4. The number of hydrogen-bond donors (Lipinski definition) is 1. The highest BCUT2D eigenvalue weighted by atomic mass is 32.2. The second kappa shape index (κ2) is 10.4. The van der Waals surface area contributed by atoms with Crippen molar-refractivity contribution in [3.05, 3.63) is 83.2 Å². The average Bonchev–Trinajstić information content (AvgIpc) is 3.29. The molecular weight excluding hydrogens is 548 g/mol. The topological polar surface area (TPSA) is 100 Å². The van der Waals surface area contributed by atoms with Gasteiger partial charge in [-0.25, -0.2) is 22.6 Å². The number of sulfonamides is 1. The van der Waals surface area contributed by atoms with E-state index in [4.69, 9.17) is 5.26 Å². The molecule has 0 amide bonds. The van der Waals surface area contributed by atoms with E-state index >= 15 is 0 Å². The van der Waals surface area contributed by atoms with Crippen LogP contribution in [0.2, 0.25) is 0 Å². The van der Waals surface area contributed by atoms with E-state index in [1.165, 1.54) is 24.3 Å². The Labute approximate surface area is 217 Å². The van der Waals surface area contributed by atoms with Gasteiger partial charge in [0.25, 0.3) is 0 Å². The van der Waals surface area contributed by atoms with Crippen LogP contribution in [0.25, 0.3) is 16.9 Å². The Morgan fingerprint density at radius 3 is 2.31 bits per heavy atom. The summed E-state index contributed by atoms with van der Waals surface area (Å²) in [5, 5.41) is 12.3. The lowest BCUT2D eigenvalue weighted by molar-refractivity contribution is -0.142. The zero-order valence-electron chi connectivity index (χ0n) is 19.5. The van der Waals surface area contributed by atoms with Crippen molar-refractivity contribution in [3.8, 4) is 29.2 Å². The van der Waals surface area contributed by atoms with E-state index in [1.54, 1.807) is 0 Å². The minimum absolute atomic E-state index is 0.0120. The molecule has 39 heavy (non-hydrogen) atoms. The standard InChI is InChI=1S/C25H15F6N5O2S/c26-24(27,28)19-9-7-17(8-10-19)21-14-22(25(29,30)31)36-23(35-21)18(15-33-36)6-5-16-3-1-4-20(13-16)39(37,38)34-12-2-11-32/h1,3-4,7-10,13-15,34H,2,12H2. The number of alkyl halides is 6. The zero-order chi connectivity index (χ0) is 28.4. The Kier molecular flexibility index (Phi) is 7.37. The van der Waals surface area contributed by atoms with Gasteiger partial charge in [0.05, 0.1) is 34.0 Å². The van der Waals surface area contributed by atoms with Crippen LogP contribution < -0.4 is 4.72 Å². The molecular formula is C25H15F6N5O2S. The molecule has 0 fully saturated rings. The summed E-state index contributed by atoms with van der Waals surface area (Å²) in [6.45, 7) is -0.0917. The van der Waals surface area contributed by atoms with Crippen LogP contribution in [0.1, 0.15) is 28.8 Å². The van der Waals surface area contributed by atoms with E-state index in [-0.39, 0.29) is 45.9 Å². The van der Waals surface area contributed by atoms with Crippen LogP contribution in [-0.2, 0) is 22.4 Å². The Morgan fingerprint density at radius 2 is 1.67 bits per heavy atom. The van der Waals surface area contributed by atoms with Gasteiger partial charge in [-0.05, 0) is 36.4 Å². The lowest BCUT2D eigenvalue weighted by atomic mass is 10.1. The SMILES string of the molecule is N#CCCNS(=O)(=O)c1cccc(C#Cc2cnn3c(C(F)(F)F)cc(-c4ccc(C(F)(F)F)cc4)nc23)c1. The number of fused-ring (bicyclic) bond motifs is 1. The molecule has 2 heterocycles. The first-order valence-corrected chi connectivity index (χ1v) is 12.4. The predicted molar refractivity (Wildman–Crippen MR) is 126 cm³/mol. The lowest BCUT2D eigenvalue weighted by Crippen LogP contribution is -2.24. The summed E-state index contributed by atoms with van der Waals surface area (Å²) in [6.07, 6.45) is -8.48. The van der Waals surface area contributed by atoms with Crippen molar-refractivity contribution < 1.29 is 34.8 Å². The second-order valence-electron chi connectivity index (χ2n) is 7.98. The summed E-state index contributed by atoms with van der Waals surface area (Å²) in [5.74, 6) is 5.30. The van der Waals surface area contributed by atoms with Gasteiger partial charge in [0.1, 0.15) is 0 Å². The molecule has 0 aliphatic rings. The summed E-state index contributed by atoms with van der Waals surface area (Å²) < 4.78 is 108.